The van der Waals surface area contributed by atoms with Crippen molar-refractivity contribution in [3.63, 3.8) is 0 Å². The predicted molar refractivity (Wildman–Crippen MR) is 41.6 cm³/mol. The van der Waals surface area contributed by atoms with Gasteiger partial charge >= 0.3 is 0 Å². The molecule has 0 unspecified atom stereocenters. The maximum Gasteiger partial charge on any atom is 0.155 e. The number of ether oxygens (including phenoxy) is 2. The highest BCUT2D eigenvalue weighted by atomic mass is 16.7. The molecule has 4 N–H and O–H groups in total. The van der Waals surface area contributed by atoms with E-state index in [2.05, 4.69) is 9.68 Å². The topological polar surface area (TPSA) is 89.0 Å². The summed E-state index contributed by atoms with van der Waals surface area (Å²) in [5.74, 6) is 9.56. The molecule has 0 spiro atoms. The molecule has 0 aliphatic heterocycles. The van der Waals surface area contributed by atoms with Crippen LogP contribution >= 0.6 is 0 Å². The van der Waals surface area contributed by atoms with Crippen molar-refractivity contribution in [1.29, 1.82) is 0 Å². The van der Waals surface area contributed by atoms with Crippen LogP contribution in [0.3, 0.4) is 0 Å². The summed E-state index contributed by atoms with van der Waals surface area (Å²) in [5.41, 5.74) is 0. The van der Waals surface area contributed by atoms with Crippen LogP contribution in [-0.2, 0) is 19.1 Å². The summed E-state index contributed by atoms with van der Waals surface area (Å²) in [6.45, 7) is 3.28. The first-order chi connectivity index (χ1) is 5.81. The fraction of sp³-hybridized carbons (Fsp3) is 1.00. The molecule has 0 amide bonds. The predicted octanol–water partition coefficient (Wildman–Crippen LogP) is -0.854. The van der Waals surface area contributed by atoms with Crippen LogP contribution in [0.5, 0.6) is 0 Å². The molecule has 74 valence electrons. The summed E-state index contributed by atoms with van der Waals surface area (Å²) in [4.78, 5) is 8.59. The van der Waals surface area contributed by atoms with Gasteiger partial charge in [-0.3, -0.25) is 0 Å². The molecule has 0 heterocycles. The van der Waals surface area contributed by atoms with Crippen LogP contribution in [-0.4, -0.2) is 32.7 Å². The molecule has 0 saturated heterocycles. The summed E-state index contributed by atoms with van der Waals surface area (Å²) >= 11 is 0. The Labute approximate surface area is 71.6 Å². The van der Waals surface area contributed by atoms with E-state index in [1.807, 2.05) is 0 Å². The van der Waals surface area contributed by atoms with Crippen LogP contribution in [0.15, 0.2) is 0 Å². The third kappa shape index (κ3) is 7.86. The zero-order valence-corrected chi connectivity index (χ0v) is 7.19. The molecule has 6 nitrogen and oxygen atoms in total. The fourth-order valence-electron chi connectivity index (χ4n) is 0.572. The molecular formula is C6H16N2O4. The van der Waals surface area contributed by atoms with E-state index in [1.54, 1.807) is 6.92 Å². The minimum Gasteiger partial charge on any atom is -0.350 e. The minimum atomic E-state index is -0.296. The fourth-order valence-corrected chi connectivity index (χ4v) is 0.572. The first-order valence-electron chi connectivity index (χ1n) is 3.67. The second kappa shape index (κ2) is 8.85. The molecular weight excluding hydrogens is 164 g/mol. The van der Waals surface area contributed by atoms with Gasteiger partial charge in [-0.2, -0.15) is 0 Å². The van der Waals surface area contributed by atoms with Gasteiger partial charge in [-0.15, -0.1) is 0 Å². The van der Waals surface area contributed by atoms with Crippen LogP contribution in [0.2, 0.25) is 0 Å². The highest BCUT2D eigenvalue weighted by molar-refractivity contribution is 4.33. The zero-order chi connectivity index (χ0) is 9.23. The Morgan fingerprint density at radius 1 is 0.917 bits per heavy atom. The van der Waals surface area contributed by atoms with Gasteiger partial charge in [-0.25, -0.2) is 11.8 Å². The summed E-state index contributed by atoms with van der Waals surface area (Å²) in [5, 5.41) is 0. The van der Waals surface area contributed by atoms with Crippen molar-refractivity contribution >= 4 is 0 Å². The molecule has 0 saturated carbocycles. The maximum atomic E-state index is 5.11. The summed E-state index contributed by atoms with van der Waals surface area (Å²) in [7, 11) is 0. The first kappa shape index (κ1) is 11.8. The van der Waals surface area contributed by atoms with Gasteiger partial charge in [-0.1, -0.05) is 0 Å². The van der Waals surface area contributed by atoms with Gasteiger partial charge in [0, 0.05) is 0 Å². The monoisotopic (exact) mass is 180 g/mol. The molecule has 0 bridgehead atoms. The summed E-state index contributed by atoms with van der Waals surface area (Å²) in [6.07, 6.45) is -0.296. The summed E-state index contributed by atoms with van der Waals surface area (Å²) in [6, 6.07) is 0. The van der Waals surface area contributed by atoms with E-state index in [0.717, 1.165) is 0 Å². The first-order valence-corrected chi connectivity index (χ1v) is 3.67. The lowest BCUT2D eigenvalue weighted by Gasteiger charge is -2.12. The van der Waals surface area contributed by atoms with Crippen LogP contribution < -0.4 is 11.8 Å². The Bertz CT molecular complexity index is 83.6. The number of hydrogen-bond donors (Lipinski definition) is 2. The van der Waals surface area contributed by atoms with Gasteiger partial charge < -0.3 is 19.1 Å². The van der Waals surface area contributed by atoms with Gasteiger partial charge in [-0.05, 0) is 6.92 Å². The number of hydrogen-bond acceptors (Lipinski definition) is 6. The molecule has 6 heteroatoms. The molecule has 0 radical (unpaired) electrons. The van der Waals surface area contributed by atoms with Crippen molar-refractivity contribution < 1.29 is 19.1 Å². The van der Waals surface area contributed by atoms with Gasteiger partial charge in [0.15, 0.2) is 6.29 Å². The second-order valence-corrected chi connectivity index (χ2v) is 2.05. The number of rotatable bonds is 8. The van der Waals surface area contributed by atoms with Crippen molar-refractivity contribution in [3.8, 4) is 0 Å². The normalized spacial score (nSPS) is 11.0. The molecule has 0 aliphatic carbocycles. The van der Waals surface area contributed by atoms with Gasteiger partial charge in [0.2, 0.25) is 0 Å². The Hall–Kier alpha value is -0.240. The molecule has 0 aromatic carbocycles. The molecule has 0 atom stereocenters. The van der Waals surface area contributed by atoms with E-state index in [4.69, 9.17) is 21.3 Å². The van der Waals surface area contributed by atoms with Crippen LogP contribution in [0.1, 0.15) is 6.92 Å². The third-order valence-electron chi connectivity index (χ3n) is 1.11. The number of nitrogens with two attached hydrogens (primary N) is 2. The largest absolute Gasteiger partial charge is 0.350 e. The van der Waals surface area contributed by atoms with E-state index >= 15 is 0 Å². The van der Waals surface area contributed by atoms with Crippen molar-refractivity contribution in [2.24, 2.45) is 11.8 Å². The smallest absolute Gasteiger partial charge is 0.155 e. The van der Waals surface area contributed by atoms with E-state index in [0.29, 0.717) is 26.4 Å². The highest BCUT2D eigenvalue weighted by Crippen LogP contribution is 1.92. The molecule has 0 rings (SSSR count). The van der Waals surface area contributed by atoms with Crippen molar-refractivity contribution in [3.05, 3.63) is 0 Å². The standard InChI is InChI=1S/C6H16N2O4/c1-6(9-2-4-11-7)10-3-5-12-8/h6H,2-5,7-8H2,1H3. The lowest BCUT2D eigenvalue weighted by Crippen LogP contribution is -2.20. The summed E-state index contributed by atoms with van der Waals surface area (Å²) < 4.78 is 10.2. The molecule has 12 heavy (non-hydrogen) atoms. The van der Waals surface area contributed by atoms with E-state index < -0.39 is 0 Å². The van der Waals surface area contributed by atoms with Gasteiger partial charge in [0.05, 0.1) is 26.4 Å². The van der Waals surface area contributed by atoms with Crippen LogP contribution in [0.25, 0.3) is 0 Å². The van der Waals surface area contributed by atoms with E-state index in [1.165, 1.54) is 0 Å². The van der Waals surface area contributed by atoms with E-state index in [-0.39, 0.29) is 6.29 Å². The lowest BCUT2D eigenvalue weighted by atomic mass is 10.7. The van der Waals surface area contributed by atoms with Crippen LogP contribution in [0, 0.1) is 0 Å². The Morgan fingerprint density at radius 2 is 1.33 bits per heavy atom. The van der Waals surface area contributed by atoms with Crippen molar-refractivity contribution in [1.82, 2.24) is 0 Å². The van der Waals surface area contributed by atoms with Crippen molar-refractivity contribution in [2.75, 3.05) is 26.4 Å². The Kier molecular flexibility index (Phi) is 8.68. The van der Waals surface area contributed by atoms with Crippen molar-refractivity contribution in [2.45, 2.75) is 13.2 Å². The molecule has 0 aliphatic rings. The SMILES string of the molecule is CC(OCCON)OCCON. The highest BCUT2D eigenvalue weighted by Gasteiger charge is 2.00. The third-order valence-corrected chi connectivity index (χ3v) is 1.11. The zero-order valence-electron chi connectivity index (χ0n) is 7.19. The molecule has 0 fully saturated rings. The Balaban J connectivity index is 3.04. The Morgan fingerprint density at radius 3 is 1.67 bits per heavy atom. The maximum absolute atomic E-state index is 5.11. The average Bonchev–Trinajstić information content (AvgIpc) is 2.06. The van der Waals surface area contributed by atoms with Gasteiger partial charge in [0.25, 0.3) is 0 Å². The lowest BCUT2D eigenvalue weighted by molar-refractivity contribution is -0.147. The average molecular weight is 180 g/mol. The minimum absolute atomic E-state index is 0.296. The quantitative estimate of drug-likeness (QED) is 0.287. The molecule has 0 aromatic rings. The van der Waals surface area contributed by atoms with Crippen LogP contribution in [0.4, 0.5) is 0 Å². The van der Waals surface area contributed by atoms with E-state index in [9.17, 15) is 0 Å². The second-order valence-electron chi connectivity index (χ2n) is 2.05. The molecule has 0 aromatic heterocycles. The van der Waals surface area contributed by atoms with Gasteiger partial charge in [0.1, 0.15) is 0 Å².